The number of hydrogen-bond donors (Lipinski definition) is 2. The predicted molar refractivity (Wildman–Crippen MR) is 67.9 cm³/mol. The third-order valence-electron chi connectivity index (χ3n) is 3.10. The number of para-hydroxylation sites is 1. The van der Waals surface area contributed by atoms with Crippen molar-refractivity contribution in [2.75, 3.05) is 13.1 Å². The van der Waals surface area contributed by atoms with Crippen LogP contribution in [-0.4, -0.2) is 31.4 Å². The molecule has 0 bridgehead atoms. The molecule has 2 aromatic rings. The molecule has 0 spiro atoms. The Bertz CT molecular complexity index is 705. The maximum absolute atomic E-state index is 11.3. The summed E-state index contributed by atoms with van der Waals surface area (Å²) in [6.07, 6.45) is 0.824. The lowest BCUT2D eigenvalue weighted by atomic mass is 10.1. The second kappa shape index (κ2) is 4.01. The van der Waals surface area contributed by atoms with Crippen molar-refractivity contribution in [3.63, 3.8) is 0 Å². The van der Waals surface area contributed by atoms with Crippen molar-refractivity contribution in [1.29, 1.82) is 0 Å². The smallest absolute Gasteiger partial charge is 0.219 e. The van der Waals surface area contributed by atoms with E-state index in [1.165, 1.54) is 0 Å². The summed E-state index contributed by atoms with van der Waals surface area (Å²) in [4.78, 5) is 3.76. The van der Waals surface area contributed by atoms with E-state index in [1.807, 2.05) is 24.3 Å². The van der Waals surface area contributed by atoms with Gasteiger partial charge in [0.15, 0.2) is 0 Å². The Kier molecular flexibility index (Phi) is 2.49. The van der Waals surface area contributed by atoms with E-state index >= 15 is 0 Å². The van der Waals surface area contributed by atoms with Crippen LogP contribution >= 0.6 is 0 Å². The molecule has 88 valence electrons. The molecule has 4 nitrogen and oxygen atoms in total. The zero-order valence-electron chi connectivity index (χ0n) is 9.16. The molecule has 0 atom stereocenters. The first-order chi connectivity index (χ1) is 8.27. The number of nitrogens with one attached hydrogen (secondary N) is 2. The number of fused-ring (bicyclic) bond motifs is 3. The van der Waals surface area contributed by atoms with Crippen LogP contribution in [0.3, 0.4) is 0 Å². The van der Waals surface area contributed by atoms with Gasteiger partial charge in [0.05, 0.1) is 4.86 Å². The number of aromatic amines is 1. The normalized spacial score (nSPS) is 15.6. The molecule has 0 saturated heterocycles. The summed E-state index contributed by atoms with van der Waals surface area (Å²) in [6, 6.07) is 7.82. The first-order valence-electron chi connectivity index (χ1n) is 5.53. The minimum Gasteiger partial charge on any atom is -0.358 e. The zero-order chi connectivity index (χ0) is 11.8. The topological polar surface area (TPSA) is 62.0 Å². The monoisotopic (exact) mass is 248 g/mol. The molecule has 0 saturated carbocycles. The Morgan fingerprint density at radius 1 is 1.18 bits per heavy atom. The van der Waals surface area contributed by atoms with E-state index in [0.29, 0.717) is 11.4 Å². The van der Waals surface area contributed by atoms with Crippen molar-refractivity contribution in [2.24, 2.45) is 0 Å². The van der Waals surface area contributed by atoms with Crippen molar-refractivity contribution in [3.05, 3.63) is 35.5 Å². The fraction of sp³-hybridized carbons (Fsp3) is 0.250. The van der Waals surface area contributed by atoms with E-state index in [4.69, 9.17) is 0 Å². The van der Waals surface area contributed by atoms with E-state index in [9.17, 15) is 8.42 Å². The SMILES string of the molecule is O=S(=O)=C1CNCCc2[nH]c3ccccc3c21. The maximum Gasteiger partial charge on any atom is 0.219 e. The van der Waals surface area contributed by atoms with Crippen LogP contribution in [0.1, 0.15) is 11.3 Å². The van der Waals surface area contributed by atoms with Gasteiger partial charge in [0, 0.05) is 41.7 Å². The highest BCUT2D eigenvalue weighted by Crippen LogP contribution is 2.24. The van der Waals surface area contributed by atoms with Crippen LogP contribution in [0.15, 0.2) is 24.3 Å². The van der Waals surface area contributed by atoms with Crippen molar-refractivity contribution in [1.82, 2.24) is 10.3 Å². The Labute approximate surface area is 100 Å². The van der Waals surface area contributed by atoms with Gasteiger partial charge in [-0.2, -0.15) is 8.42 Å². The van der Waals surface area contributed by atoms with Crippen molar-refractivity contribution in [3.8, 4) is 0 Å². The first-order valence-corrected chi connectivity index (χ1v) is 6.60. The third kappa shape index (κ3) is 1.67. The third-order valence-corrected chi connectivity index (χ3v) is 3.85. The summed E-state index contributed by atoms with van der Waals surface area (Å²) in [5.74, 6) is 0. The Morgan fingerprint density at radius 3 is 2.82 bits per heavy atom. The van der Waals surface area contributed by atoms with Gasteiger partial charge in [0.25, 0.3) is 0 Å². The predicted octanol–water partition coefficient (Wildman–Crippen LogP) is 0.713. The molecule has 2 heterocycles. The van der Waals surface area contributed by atoms with Crippen LogP contribution in [-0.2, 0) is 16.7 Å². The molecule has 3 rings (SSSR count). The molecule has 0 fully saturated rings. The van der Waals surface area contributed by atoms with Crippen LogP contribution in [0.2, 0.25) is 0 Å². The first kappa shape index (κ1) is 10.6. The Morgan fingerprint density at radius 2 is 2.00 bits per heavy atom. The van der Waals surface area contributed by atoms with Crippen molar-refractivity contribution >= 4 is 26.1 Å². The van der Waals surface area contributed by atoms with E-state index in [-0.39, 0.29) is 0 Å². The van der Waals surface area contributed by atoms with Crippen LogP contribution < -0.4 is 5.32 Å². The van der Waals surface area contributed by atoms with Gasteiger partial charge in [0.2, 0.25) is 10.3 Å². The maximum atomic E-state index is 11.3. The largest absolute Gasteiger partial charge is 0.358 e. The van der Waals surface area contributed by atoms with Crippen molar-refractivity contribution in [2.45, 2.75) is 6.42 Å². The molecule has 0 amide bonds. The lowest BCUT2D eigenvalue weighted by Crippen LogP contribution is -2.22. The molecule has 17 heavy (non-hydrogen) atoms. The quantitative estimate of drug-likeness (QED) is 0.675. The summed E-state index contributed by atoms with van der Waals surface area (Å²) in [5, 5.41) is 4.12. The lowest BCUT2D eigenvalue weighted by Gasteiger charge is -1.99. The van der Waals surface area contributed by atoms with Crippen molar-refractivity contribution < 1.29 is 8.42 Å². The van der Waals surface area contributed by atoms with E-state index in [0.717, 1.165) is 35.1 Å². The van der Waals surface area contributed by atoms with Crippen LogP contribution in [0.25, 0.3) is 10.9 Å². The number of benzene rings is 1. The standard InChI is InChI=1S/C12H12N2O2S/c15-17(16)11-7-13-6-5-10-12(11)8-3-1-2-4-9(8)14-10/h1-4,13-14H,5-7H2. The molecule has 1 aliphatic rings. The molecule has 0 aliphatic carbocycles. The van der Waals surface area contributed by atoms with Crippen LogP contribution in [0.5, 0.6) is 0 Å². The Balaban J connectivity index is 2.42. The van der Waals surface area contributed by atoms with Gasteiger partial charge in [-0.15, -0.1) is 0 Å². The number of H-pyrrole nitrogens is 1. The van der Waals surface area contributed by atoms with Gasteiger partial charge in [-0.05, 0) is 6.07 Å². The van der Waals surface area contributed by atoms with Gasteiger partial charge in [0.1, 0.15) is 0 Å². The minimum atomic E-state index is -2.17. The number of aromatic nitrogens is 1. The minimum absolute atomic E-state index is 0.408. The second-order valence-corrected chi connectivity index (χ2v) is 5.07. The highest BCUT2D eigenvalue weighted by molar-refractivity contribution is 7.73. The molecule has 0 unspecified atom stereocenters. The number of hydrogen-bond acceptors (Lipinski definition) is 3. The zero-order valence-corrected chi connectivity index (χ0v) is 9.97. The van der Waals surface area contributed by atoms with Crippen LogP contribution in [0.4, 0.5) is 0 Å². The fourth-order valence-corrected chi connectivity index (χ4v) is 2.97. The second-order valence-electron chi connectivity index (χ2n) is 4.11. The average molecular weight is 248 g/mol. The fourth-order valence-electron chi connectivity index (χ4n) is 2.35. The van der Waals surface area contributed by atoms with E-state index in [2.05, 4.69) is 10.3 Å². The van der Waals surface area contributed by atoms with Gasteiger partial charge in [-0.25, -0.2) is 0 Å². The summed E-state index contributed by atoms with van der Waals surface area (Å²) < 4.78 is 22.6. The van der Waals surface area contributed by atoms with Gasteiger partial charge in [-0.3, -0.25) is 0 Å². The van der Waals surface area contributed by atoms with Gasteiger partial charge in [-0.1, -0.05) is 18.2 Å². The van der Waals surface area contributed by atoms with Gasteiger partial charge >= 0.3 is 0 Å². The molecule has 1 aliphatic heterocycles. The van der Waals surface area contributed by atoms with Crippen LogP contribution in [0, 0.1) is 0 Å². The highest BCUT2D eigenvalue weighted by atomic mass is 32.2. The lowest BCUT2D eigenvalue weighted by molar-refractivity contribution is 0.626. The molecule has 2 N–H and O–H groups in total. The summed E-state index contributed by atoms with van der Waals surface area (Å²) in [6.45, 7) is 1.20. The Hall–Kier alpha value is -1.59. The summed E-state index contributed by atoms with van der Waals surface area (Å²) in [7, 11) is -2.17. The van der Waals surface area contributed by atoms with E-state index in [1.54, 1.807) is 0 Å². The molecule has 0 radical (unpaired) electrons. The number of rotatable bonds is 0. The highest BCUT2D eigenvalue weighted by Gasteiger charge is 2.19. The molecule has 1 aromatic carbocycles. The summed E-state index contributed by atoms with van der Waals surface area (Å²) in [5.41, 5.74) is 2.87. The molecular weight excluding hydrogens is 236 g/mol. The average Bonchev–Trinajstić information content (AvgIpc) is 2.54. The van der Waals surface area contributed by atoms with Gasteiger partial charge < -0.3 is 10.3 Å². The van der Waals surface area contributed by atoms with E-state index < -0.39 is 10.3 Å². The molecule has 1 aromatic heterocycles. The molecule has 5 heteroatoms. The summed E-state index contributed by atoms with van der Waals surface area (Å²) >= 11 is 0. The molecular formula is C12H12N2O2S.